The van der Waals surface area contributed by atoms with E-state index in [9.17, 15) is 14.4 Å². The van der Waals surface area contributed by atoms with Crippen molar-refractivity contribution in [2.45, 2.75) is 76.7 Å². The minimum absolute atomic E-state index is 0.128. The van der Waals surface area contributed by atoms with E-state index >= 15 is 0 Å². The number of anilines is 1. The van der Waals surface area contributed by atoms with Gasteiger partial charge in [-0.2, -0.15) is 0 Å². The number of imide groups is 1. The Kier molecular flexibility index (Phi) is 6.85. The Balaban J connectivity index is 2.19. The third-order valence-corrected chi connectivity index (χ3v) is 7.03. The topological polar surface area (TPSA) is 54.5 Å². The molecule has 1 aliphatic rings. The number of carbonyl (C=O) groups is 3. The fraction of sp³-hybridized carbons (Fsp3) is 0.591. The molecule has 1 aromatic rings. The van der Waals surface area contributed by atoms with Gasteiger partial charge in [0.2, 0.25) is 11.8 Å². The van der Waals surface area contributed by atoms with Crippen molar-refractivity contribution in [3.05, 3.63) is 29.8 Å². The van der Waals surface area contributed by atoms with Crippen LogP contribution in [0.5, 0.6) is 0 Å². The molecule has 2 atom stereocenters. The van der Waals surface area contributed by atoms with Gasteiger partial charge in [0.1, 0.15) is 0 Å². The molecule has 28 heavy (non-hydrogen) atoms. The van der Waals surface area contributed by atoms with Gasteiger partial charge in [-0.1, -0.05) is 53.7 Å². The summed E-state index contributed by atoms with van der Waals surface area (Å²) < 4.78 is 0. The van der Waals surface area contributed by atoms with Gasteiger partial charge in [0.15, 0.2) is 7.85 Å². The van der Waals surface area contributed by atoms with Crippen LogP contribution in [0.1, 0.15) is 66.4 Å². The summed E-state index contributed by atoms with van der Waals surface area (Å²) in [7, 11) is 5.53. The van der Waals surface area contributed by atoms with Crippen molar-refractivity contribution in [3.63, 3.8) is 0 Å². The molecule has 4 nitrogen and oxygen atoms in total. The van der Waals surface area contributed by atoms with Gasteiger partial charge in [-0.25, -0.2) is 4.90 Å². The van der Waals surface area contributed by atoms with Crippen molar-refractivity contribution in [3.8, 4) is 0 Å². The first kappa shape index (κ1) is 22.7. The Morgan fingerprint density at radius 2 is 1.79 bits per heavy atom. The van der Waals surface area contributed by atoms with Gasteiger partial charge in [0.05, 0.1) is 16.6 Å². The lowest BCUT2D eigenvalue weighted by Gasteiger charge is -2.34. The van der Waals surface area contributed by atoms with Crippen LogP contribution in [0, 0.1) is 5.41 Å². The molecule has 1 aromatic carbocycles. The summed E-state index contributed by atoms with van der Waals surface area (Å²) in [4.78, 5) is 38.2. The van der Waals surface area contributed by atoms with Gasteiger partial charge in [-0.05, 0) is 36.0 Å². The first-order valence-corrected chi connectivity index (χ1v) is 10.8. The largest absolute Gasteiger partial charge is 0.312 e. The normalized spacial score (nSPS) is 19.2. The fourth-order valence-corrected chi connectivity index (χ4v) is 4.93. The SMILES string of the molecule is [B]C(=O)C(C)(C)CC(C)(C)c1ccc(N2C(=O)CC(SC(C)CC)C2=O)cc1. The molecule has 2 amide bonds. The Morgan fingerprint density at radius 3 is 2.29 bits per heavy atom. The maximum absolute atomic E-state index is 12.7. The quantitative estimate of drug-likeness (QED) is 0.485. The number of hydrogen-bond donors (Lipinski definition) is 0. The summed E-state index contributed by atoms with van der Waals surface area (Å²) >= 11 is 1.58. The summed E-state index contributed by atoms with van der Waals surface area (Å²) in [5, 5.41) is 0.0495. The lowest BCUT2D eigenvalue weighted by Crippen LogP contribution is -2.33. The molecule has 0 bridgehead atoms. The van der Waals surface area contributed by atoms with Gasteiger partial charge in [0.25, 0.3) is 0 Å². The predicted octanol–water partition coefficient (Wildman–Crippen LogP) is 4.24. The lowest BCUT2D eigenvalue weighted by atomic mass is 9.66. The molecule has 2 rings (SSSR count). The first-order chi connectivity index (χ1) is 12.9. The zero-order chi connectivity index (χ0) is 21.3. The van der Waals surface area contributed by atoms with E-state index in [2.05, 4.69) is 27.7 Å². The molecule has 150 valence electrons. The number of thioether (sulfide) groups is 1. The molecule has 1 fully saturated rings. The van der Waals surface area contributed by atoms with E-state index in [1.165, 1.54) is 4.90 Å². The molecule has 1 heterocycles. The van der Waals surface area contributed by atoms with Crippen molar-refractivity contribution >= 4 is 42.8 Å². The van der Waals surface area contributed by atoms with Gasteiger partial charge < -0.3 is 4.79 Å². The zero-order valence-electron chi connectivity index (χ0n) is 17.7. The lowest BCUT2D eigenvalue weighted by molar-refractivity contribution is -0.121. The van der Waals surface area contributed by atoms with Crippen LogP contribution in [0.25, 0.3) is 0 Å². The number of hydrogen-bond acceptors (Lipinski definition) is 4. The highest BCUT2D eigenvalue weighted by Gasteiger charge is 2.40. The maximum atomic E-state index is 12.7. The van der Waals surface area contributed by atoms with Crippen LogP contribution < -0.4 is 4.90 Å². The highest BCUT2D eigenvalue weighted by Crippen LogP contribution is 2.38. The van der Waals surface area contributed by atoms with Crippen LogP contribution in [-0.2, 0) is 19.8 Å². The van der Waals surface area contributed by atoms with Crippen LogP contribution in [0.2, 0.25) is 0 Å². The molecule has 2 radical (unpaired) electrons. The highest BCUT2D eigenvalue weighted by atomic mass is 32.2. The zero-order valence-corrected chi connectivity index (χ0v) is 18.6. The van der Waals surface area contributed by atoms with Crippen molar-refractivity contribution in [2.24, 2.45) is 5.41 Å². The number of benzene rings is 1. The van der Waals surface area contributed by atoms with E-state index in [0.717, 1.165) is 12.0 Å². The van der Waals surface area contributed by atoms with Crippen LogP contribution in [0.15, 0.2) is 24.3 Å². The Hall–Kier alpha value is -1.56. The average Bonchev–Trinajstić information content (AvgIpc) is 2.87. The second-order valence-electron chi connectivity index (χ2n) is 8.97. The molecule has 6 heteroatoms. The van der Waals surface area contributed by atoms with Crippen molar-refractivity contribution in [2.75, 3.05) is 4.90 Å². The summed E-state index contributed by atoms with van der Waals surface area (Å²) in [6.07, 6.45) is 1.83. The summed E-state index contributed by atoms with van der Waals surface area (Å²) in [6.45, 7) is 12.0. The second kappa shape index (κ2) is 8.44. The number of carbonyl (C=O) groups excluding carboxylic acids is 3. The van der Waals surface area contributed by atoms with Crippen LogP contribution in [0.4, 0.5) is 5.69 Å². The number of amides is 2. The second-order valence-corrected chi connectivity index (χ2v) is 10.6. The van der Waals surface area contributed by atoms with Gasteiger partial charge in [-0.3, -0.25) is 9.59 Å². The molecule has 2 unspecified atom stereocenters. The van der Waals surface area contributed by atoms with Crippen molar-refractivity contribution in [1.29, 1.82) is 0 Å². The molecule has 1 saturated heterocycles. The third-order valence-electron chi connectivity index (χ3n) is 5.53. The molecule has 1 aliphatic heterocycles. The Morgan fingerprint density at radius 1 is 1.21 bits per heavy atom. The van der Waals surface area contributed by atoms with Gasteiger partial charge in [0, 0.05) is 17.1 Å². The molecule has 0 aromatic heterocycles. The van der Waals surface area contributed by atoms with E-state index in [1.54, 1.807) is 11.8 Å². The fourth-order valence-electron chi connectivity index (χ4n) is 3.71. The molecule has 0 N–H and O–H groups in total. The van der Waals surface area contributed by atoms with E-state index in [1.807, 2.05) is 38.1 Å². The maximum Gasteiger partial charge on any atom is 0.247 e. The summed E-state index contributed by atoms with van der Waals surface area (Å²) in [5.74, 6) is -0.273. The van der Waals surface area contributed by atoms with E-state index in [4.69, 9.17) is 7.85 Å². The number of rotatable bonds is 8. The van der Waals surface area contributed by atoms with E-state index < -0.39 is 5.41 Å². The van der Waals surface area contributed by atoms with Crippen LogP contribution >= 0.6 is 11.8 Å². The van der Waals surface area contributed by atoms with Gasteiger partial charge >= 0.3 is 0 Å². The molecule has 0 saturated carbocycles. The Bertz CT molecular complexity index is 758. The van der Waals surface area contributed by atoms with Crippen molar-refractivity contribution in [1.82, 2.24) is 0 Å². The molecule has 0 spiro atoms. The molecule has 0 aliphatic carbocycles. The number of nitrogens with zero attached hydrogens (tertiary/aromatic N) is 1. The molecular formula is C22H30BNO3S. The average molecular weight is 399 g/mol. The highest BCUT2D eigenvalue weighted by molar-refractivity contribution is 8.01. The Labute approximate surface area is 174 Å². The monoisotopic (exact) mass is 399 g/mol. The first-order valence-electron chi connectivity index (χ1n) is 9.81. The predicted molar refractivity (Wildman–Crippen MR) is 117 cm³/mol. The van der Waals surface area contributed by atoms with Gasteiger partial charge in [-0.15, -0.1) is 11.8 Å². The summed E-state index contributed by atoms with van der Waals surface area (Å²) in [6, 6.07) is 7.51. The smallest absolute Gasteiger partial charge is 0.247 e. The molecular weight excluding hydrogens is 369 g/mol. The van der Waals surface area contributed by atoms with E-state index in [0.29, 0.717) is 17.4 Å². The minimum atomic E-state index is -0.622. The van der Waals surface area contributed by atoms with Crippen molar-refractivity contribution < 1.29 is 14.4 Å². The van der Waals surface area contributed by atoms with E-state index in [-0.39, 0.29) is 34.6 Å². The van der Waals surface area contributed by atoms with Crippen LogP contribution in [0.3, 0.4) is 0 Å². The third kappa shape index (κ3) is 4.89. The minimum Gasteiger partial charge on any atom is -0.312 e. The summed E-state index contributed by atoms with van der Waals surface area (Å²) in [5.41, 5.74) is 0.426. The standard InChI is InChI=1S/C22H30BNO3S/c1-7-14(2)28-17-12-18(25)24(19(17)26)16-10-8-15(9-11-16)21(3,4)13-22(5,6)20(23)27/h8-11,14,17H,7,12-13H2,1-6H3. The van der Waals surface area contributed by atoms with Crippen LogP contribution in [-0.4, -0.2) is 35.8 Å².